The third-order valence-corrected chi connectivity index (χ3v) is 3.67. The molecule has 0 bridgehead atoms. The van der Waals surface area contributed by atoms with E-state index < -0.39 is 0 Å². The van der Waals surface area contributed by atoms with Crippen LogP contribution in [-0.2, 0) is 0 Å². The average Bonchev–Trinajstić information content (AvgIpc) is 2.50. The first-order valence-electron chi connectivity index (χ1n) is 5.89. The molecular weight excluding hydrogens is 385 g/mol. The summed E-state index contributed by atoms with van der Waals surface area (Å²) < 4.78 is 0.673. The maximum Gasteiger partial charge on any atom is 0.255 e. The number of amides is 1. The lowest BCUT2D eigenvalue weighted by atomic mass is 10.1. The Labute approximate surface area is 134 Å². The topological polar surface area (TPSA) is 108 Å². The highest BCUT2D eigenvalue weighted by molar-refractivity contribution is 14.1. The minimum atomic E-state index is -0.335. The van der Waals surface area contributed by atoms with Gasteiger partial charge >= 0.3 is 0 Å². The number of halogens is 1. The van der Waals surface area contributed by atoms with Crippen LogP contribution in [-0.4, -0.2) is 22.1 Å². The Kier molecular flexibility index (Phi) is 4.63. The van der Waals surface area contributed by atoms with Gasteiger partial charge in [0.05, 0.1) is 3.57 Å². The van der Waals surface area contributed by atoms with Crippen LogP contribution in [0.1, 0.15) is 15.9 Å². The molecule has 0 spiro atoms. The smallest absolute Gasteiger partial charge is 0.255 e. The van der Waals surface area contributed by atoms with Crippen molar-refractivity contribution in [2.24, 2.45) is 10.9 Å². The van der Waals surface area contributed by atoms with Gasteiger partial charge in [-0.25, -0.2) is 0 Å². The van der Waals surface area contributed by atoms with E-state index in [9.17, 15) is 9.90 Å². The largest absolute Gasteiger partial charge is 0.507 e. The van der Waals surface area contributed by atoms with E-state index in [1.165, 1.54) is 6.07 Å². The molecule has 2 aromatic carbocycles. The molecule has 1 amide bonds. The molecular formula is C14H12IN3O3. The average molecular weight is 397 g/mol. The van der Waals surface area contributed by atoms with Gasteiger partial charge in [0, 0.05) is 16.8 Å². The van der Waals surface area contributed by atoms with Crippen LogP contribution in [0.3, 0.4) is 0 Å². The molecule has 0 heterocycles. The summed E-state index contributed by atoms with van der Waals surface area (Å²) in [6.07, 6.45) is 0. The predicted octanol–water partition coefficient (Wildman–Crippen LogP) is 2.34. The number of benzene rings is 2. The second kappa shape index (κ2) is 6.44. The number of hydrogen-bond acceptors (Lipinski definition) is 4. The van der Waals surface area contributed by atoms with Crippen LogP contribution in [0.2, 0.25) is 0 Å². The van der Waals surface area contributed by atoms with Crippen molar-refractivity contribution in [2.45, 2.75) is 0 Å². The summed E-state index contributed by atoms with van der Waals surface area (Å²) in [6.45, 7) is 0. The molecule has 0 unspecified atom stereocenters. The molecule has 0 aliphatic heterocycles. The van der Waals surface area contributed by atoms with Gasteiger partial charge in [-0.05, 0) is 65.1 Å². The molecule has 21 heavy (non-hydrogen) atoms. The van der Waals surface area contributed by atoms with Gasteiger partial charge < -0.3 is 21.4 Å². The molecule has 108 valence electrons. The number of carbonyl (C=O) groups is 1. The first-order valence-corrected chi connectivity index (χ1v) is 6.97. The number of amidine groups is 1. The number of phenolic OH excluding ortho intramolecular Hbond substituents is 1. The Bertz CT molecular complexity index is 699. The second-order valence-electron chi connectivity index (χ2n) is 4.18. The van der Waals surface area contributed by atoms with Gasteiger partial charge in [-0.1, -0.05) is 5.16 Å². The Morgan fingerprint density at radius 2 is 1.76 bits per heavy atom. The van der Waals surface area contributed by atoms with E-state index in [-0.39, 0.29) is 17.5 Å². The minimum Gasteiger partial charge on any atom is -0.507 e. The van der Waals surface area contributed by atoms with Crippen molar-refractivity contribution in [3.8, 4) is 5.75 Å². The van der Waals surface area contributed by atoms with Gasteiger partial charge in [0.2, 0.25) is 0 Å². The molecule has 0 aliphatic rings. The van der Waals surface area contributed by atoms with Gasteiger partial charge in [0.15, 0.2) is 5.84 Å². The van der Waals surface area contributed by atoms with Gasteiger partial charge in [-0.15, -0.1) is 0 Å². The third kappa shape index (κ3) is 3.63. The second-order valence-corrected chi connectivity index (χ2v) is 5.35. The van der Waals surface area contributed by atoms with E-state index >= 15 is 0 Å². The van der Waals surface area contributed by atoms with E-state index in [1.54, 1.807) is 36.4 Å². The molecule has 7 heteroatoms. The van der Waals surface area contributed by atoms with E-state index in [0.29, 0.717) is 20.4 Å². The molecule has 0 fully saturated rings. The number of nitrogens with zero attached hydrogens (tertiary/aromatic N) is 1. The molecule has 0 radical (unpaired) electrons. The Hall–Kier alpha value is -2.29. The van der Waals surface area contributed by atoms with Crippen LogP contribution in [0.15, 0.2) is 47.6 Å². The van der Waals surface area contributed by atoms with Crippen LogP contribution in [0.25, 0.3) is 0 Å². The van der Waals surface area contributed by atoms with E-state index in [2.05, 4.69) is 10.5 Å². The van der Waals surface area contributed by atoms with Gasteiger partial charge in [-0.3, -0.25) is 4.79 Å². The lowest BCUT2D eigenvalue weighted by molar-refractivity contribution is 0.102. The lowest BCUT2D eigenvalue weighted by Gasteiger charge is -2.07. The van der Waals surface area contributed by atoms with Crippen molar-refractivity contribution in [1.29, 1.82) is 0 Å². The summed E-state index contributed by atoms with van der Waals surface area (Å²) in [4.78, 5) is 12.0. The number of aromatic hydroxyl groups is 1. The molecule has 5 N–H and O–H groups in total. The standard InChI is InChI=1S/C14H12IN3O3/c15-11-6-3-9(7-12(11)19)14(20)17-10-4-1-8(2-5-10)13(16)18-21/h1-7,19,21H,(H2,16,18)(H,17,20). The summed E-state index contributed by atoms with van der Waals surface area (Å²) in [5, 5.41) is 23.8. The number of hydrogen-bond donors (Lipinski definition) is 4. The van der Waals surface area contributed by atoms with Crippen molar-refractivity contribution in [3.05, 3.63) is 57.2 Å². The fourth-order valence-electron chi connectivity index (χ4n) is 1.64. The Balaban J connectivity index is 2.14. The highest BCUT2D eigenvalue weighted by atomic mass is 127. The van der Waals surface area contributed by atoms with Gasteiger partial charge in [-0.2, -0.15) is 0 Å². The summed E-state index contributed by atoms with van der Waals surface area (Å²) in [5.41, 5.74) is 6.91. The molecule has 0 saturated heterocycles. The number of anilines is 1. The number of nitrogens with two attached hydrogens (primary N) is 1. The fourth-order valence-corrected chi connectivity index (χ4v) is 1.97. The number of phenols is 1. The summed E-state index contributed by atoms with van der Waals surface area (Å²) >= 11 is 1.98. The quantitative estimate of drug-likeness (QED) is 0.210. The zero-order valence-electron chi connectivity index (χ0n) is 10.7. The SMILES string of the molecule is N/C(=N/O)c1ccc(NC(=O)c2ccc(I)c(O)c2)cc1. The number of oxime groups is 1. The molecule has 0 aliphatic carbocycles. The van der Waals surface area contributed by atoms with E-state index in [4.69, 9.17) is 10.9 Å². The van der Waals surface area contributed by atoms with Crippen molar-refractivity contribution in [1.82, 2.24) is 0 Å². The monoisotopic (exact) mass is 397 g/mol. The highest BCUT2D eigenvalue weighted by Gasteiger charge is 2.09. The van der Waals surface area contributed by atoms with Crippen LogP contribution >= 0.6 is 22.6 Å². The molecule has 0 atom stereocenters. The first kappa shape index (κ1) is 15.1. The number of rotatable bonds is 3. The zero-order chi connectivity index (χ0) is 15.4. The van der Waals surface area contributed by atoms with Crippen molar-refractivity contribution >= 4 is 40.0 Å². The van der Waals surface area contributed by atoms with Crippen molar-refractivity contribution in [3.63, 3.8) is 0 Å². The lowest BCUT2D eigenvalue weighted by Crippen LogP contribution is -2.14. The Morgan fingerprint density at radius 1 is 1.14 bits per heavy atom. The Morgan fingerprint density at radius 3 is 2.33 bits per heavy atom. The van der Waals surface area contributed by atoms with Gasteiger partial charge in [0.25, 0.3) is 5.91 Å². The zero-order valence-corrected chi connectivity index (χ0v) is 12.9. The van der Waals surface area contributed by atoms with E-state index in [1.807, 2.05) is 22.6 Å². The first-order chi connectivity index (χ1) is 10.0. The van der Waals surface area contributed by atoms with Crippen LogP contribution < -0.4 is 11.1 Å². The summed E-state index contributed by atoms with van der Waals surface area (Å²) in [7, 11) is 0. The van der Waals surface area contributed by atoms with Crippen LogP contribution in [0.4, 0.5) is 5.69 Å². The minimum absolute atomic E-state index is 0.00423. The van der Waals surface area contributed by atoms with Gasteiger partial charge in [0.1, 0.15) is 5.75 Å². The highest BCUT2D eigenvalue weighted by Crippen LogP contribution is 2.21. The normalized spacial score (nSPS) is 11.2. The van der Waals surface area contributed by atoms with Crippen LogP contribution in [0.5, 0.6) is 5.75 Å². The maximum atomic E-state index is 12.0. The maximum absolute atomic E-state index is 12.0. The van der Waals surface area contributed by atoms with E-state index in [0.717, 1.165) is 0 Å². The third-order valence-electron chi connectivity index (χ3n) is 2.75. The van der Waals surface area contributed by atoms with Crippen molar-refractivity contribution < 1.29 is 15.1 Å². The molecule has 0 aromatic heterocycles. The predicted molar refractivity (Wildman–Crippen MR) is 87.7 cm³/mol. The summed E-state index contributed by atoms with van der Waals surface area (Å²) in [5.74, 6) is -0.279. The van der Waals surface area contributed by atoms with Crippen molar-refractivity contribution in [2.75, 3.05) is 5.32 Å². The van der Waals surface area contributed by atoms with Crippen LogP contribution in [0, 0.1) is 3.57 Å². The molecule has 6 nitrogen and oxygen atoms in total. The molecule has 2 rings (SSSR count). The molecule has 0 saturated carbocycles. The fraction of sp³-hybridized carbons (Fsp3) is 0. The molecule has 2 aromatic rings. The summed E-state index contributed by atoms with van der Waals surface area (Å²) in [6, 6.07) is 11.2. The number of carbonyl (C=O) groups excluding carboxylic acids is 1. The number of nitrogens with one attached hydrogen (secondary N) is 1.